The average Bonchev–Trinajstić information content (AvgIpc) is 2.12. The molecule has 13 heavy (non-hydrogen) atoms. The molecule has 1 aromatic carbocycles. The van der Waals surface area contributed by atoms with Crippen LogP contribution in [0.15, 0.2) is 22.7 Å². The highest BCUT2D eigenvalue weighted by Gasteiger charge is 2.25. The number of aliphatic hydroxyl groups excluding tert-OH is 2. The van der Waals surface area contributed by atoms with Gasteiger partial charge in [-0.1, -0.05) is 22.0 Å². The molecule has 2 rings (SSSR count). The van der Waals surface area contributed by atoms with Crippen molar-refractivity contribution in [3.8, 4) is 0 Å². The summed E-state index contributed by atoms with van der Waals surface area (Å²) in [7, 11) is 0. The molecule has 0 saturated carbocycles. The first-order valence-electron chi connectivity index (χ1n) is 4.33. The summed E-state index contributed by atoms with van der Waals surface area (Å²) in [4.78, 5) is 0. The monoisotopic (exact) mass is 242 g/mol. The van der Waals surface area contributed by atoms with Gasteiger partial charge in [0.05, 0.1) is 6.10 Å². The molecule has 0 unspecified atom stereocenters. The van der Waals surface area contributed by atoms with Gasteiger partial charge in [-0.25, -0.2) is 0 Å². The molecule has 0 amide bonds. The Labute approximate surface area is 85.3 Å². The van der Waals surface area contributed by atoms with Crippen molar-refractivity contribution in [2.45, 2.75) is 25.0 Å². The largest absolute Gasteiger partial charge is 0.390 e. The first kappa shape index (κ1) is 9.19. The Bertz CT molecular complexity index is 325. The van der Waals surface area contributed by atoms with Crippen molar-refractivity contribution in [3.63, 3.8) is 0 Å². The van der Waals surface area contributed by atoms with Crippen LogP contribution < -0.4 is 0 Å². The van der Waals surface area contributed by atoms with E-state index in [0.29, 0.717) is 6.42 Å². The van der Waals surface area contributed by atoms with Crippen molar-refractivity contribution in [2.24, 2.45) is 0 Å². The molecule has 1 aliphatic carbocycles. The van der Waals surface area contributed by atoms with Crippen LogP contribution in [0.2, 0.25) is 0 Å². The van der Waals surface area contributed by atoms with Gasteiger partial charge in [0.1, 0.15) is 6.10 Å². The number of aryl methyl sites for hydroxylation is 1. The van der Waals surface area contributed by atoms with Gasteiger partial charge in [0.15, 0.2) is 0 Å². The third-order valence-corrected chi connectivity index (χ3v) is 2.99. The number of halogens is 1. The zero-order chi connectivity index (χ0) is 9.42. The highest BCUT2D eigenvalue weighted by atomic mass is 79.9. The minimum Gasteiger partial charge on any atom is -0.390 e. The van der Waals surface area contributed by atoms with Gasteiger partial charge in [-0.2, -0.15) is 0 Å². The van der Waals surface area contributed by atoms with Crippen molar-refractivity contribution in [1.82, 2.24) is 0 Å². The van der Waals surface area contributed by atoms with Crippen molar-refractivity contribution in [1.29, 1.82) is 0 Å². The van der Waals surface area contributed by atoms with E-state index in [1.165, 1.54) is 0 Å². The van der Waals surface area contributed by atoms with Gasteiger partial charge in [0.25, 0.3) is 0 Å². The zero-order valence-corrected chi connectivity index (χ0v) is 8.66. The number of benzene rings is 1. The Morgan fingerprint density at radius 1 is 1.31 bits per heavy atom. The van der Waals surface area contributed by atoms with E-state index in [1.54, 1.807) is 0 Å². The normalized spacial score (nSPS) is 27.0. The first-order valence-corrected chi connectivity index (χ1v) is 5.12. The second-order valence-electron chi connectivity index (χ2n) is 3.39. The van der Waals surface area contributed by atoms with Gasteiger partial charge in [0.2, 0.25) is 0 Å². The summed E-state index contributed by atoms with van der Waals surface area (Å²) >= 11 is 3.35. The first-order chi connectivity index (χ1) is 6.18. The van der Waals surface area contributed by atoms with Crippen LogP contribution in [0, 0.1) is 0 Å². The molecule has 0 heterocycles. The van der Waals surface area contributed by atoms with E-state index < -0.39 is 12.2 Å². The van der Waals surface area contributed by atoms with Crippen LogP contribution in [0.25, 0.3) is 0 Å². The third kappa shape index (κ3) is 1.64. The quantitative estimate of drug-likeness (QED) is 0.729. The standard InChI is InChI=1S/C10H11BrO2/c11-7-3-1-6-2-4-9(12)10(13)8(6)5-7/h1,3,5,9-10,12-13H,2,4H2/t9-,10-/m1/s1. The summed E-state index contributed by atoms with van der Waals surface area (Å²) in [6, 6.07) is 5.83. The van der Waals surface area contributed by atoms with E-state index in [4.69, 9.17) is 0 Å². The molecular formula is C10H11BrO2. The molecule has 2 N–H and O–H groups in total. The van der Waals surface area contributed by atoms with E-state index in [1.807, 2.05) is 18.2 Å². The molecule has 0 radical (unpaired) electrons. The maximum absolute atomic E-state index is 9.68. The number of rotatable bonds is 0. The predicted octanol–water partition coefficient (Wildman–Crippen LogP) is 1.79. The van der Waals surface area contributed by atoms with Gasteiger partial charge < -0.3 is 10.2 Å². The number of hydrogen-bond acceptors (Lipinski definition) is 2. The van der Waals surface area contributed by atoms with Gasteiger partial charge in [-0.05, 0) is 36.1 Å². The Morgan fingerprint density at radius 2 is 2.08 bits per heavy atom. The smallest absolute Gasteiger partial charge is 0.105 e. The van der Waals surface area contributed by atoms with Crippen LogP contribution in [0.4, 0.5) is 0 Å². The number of hydrogen-bond donors (Lipinski definition) is 2. The summed E-state index contributed by atoms with van der Waals surface area (Å²) in [5, 5.41) is 19.1. The molecule has 3 heteroatoms. The van der Waals surface area contributed by atoms with Crippen LogP contribution >= 0.6 is 15.9 Å². The molecule has 0 spiro atoms. The fourth-order valence-electron chi connectivity index (χ4n) is 1.74. The molecule has 0 bridgehead atoms. The maximum Gasteiger partial charge on any atom is 0.105 e. The van der Waals surface area contributed by atoms with Crippen LogP contribution in [0.1, 0.15) is 23.7 Å². The lowest BCUT2D eigenvalue weighted by molar-refractivity contribution is 0.00646. The molecule has 0 aromatic heterocycles. The van der Waals surface area contributed by atoms with E-state index in [-0.39, 0.29) is 0 Å². The fraction of sp³-hybridized carbons (Fsp3) is 0.400. The van der Waals surface area contributed by atoms with E-state index in [2.05, 4.69) is 15.9 Å². The van der Waals surface area contributed by atoms with Gasteiger partial charge in [-0.15, -0.1) is 0 Å². The van der Waals surface area contributed by atoms with Gasteiger partial charge >= 0.3 is 0 Å². The SMILES string of the molecule is O[C@@H]1CCc2ccc(Br)cc2[C@H]1O. The van der Waals surface area contributed by atoms with Crippen molar-refractivity contribution in [3.05, 3.63) is 33.8 Å². The summed E-state index contributed by atoms with van der Waals surface area (Å²) in [5.41, 5.74) is 1.99. The minimum absolute atomic E-state index is 0.609. The molecule has 0 aliphatic heterocycles. The van der Waals surface area contributed by atoms with Crippen LogP contribution in [-0.4, -0.2) is 16.3 Å². The van der Waals surface area contributed by atoms with E-state index in [0.717, 1.165) is 22.0 Å². The Balaban J connectivity index is 2.45. The van der Waals surface area contributed by atoms with E-state index in [9.17, 15) is 10.2 Å². The van der Waals surface area contributed by atoms with Gasteiger partial charge in [0, 0.05) is 4.47 Å². The molecule has 1 aromatic rings. The van der Waals surface area contributed by atoms with Crippen molar-refractivity contribution < 1.29 is 10.2 Å². The lowest BCUT2D eigenvalue weighted by Gasteiger charge is -2.26. The molecule has 0 saturated heterocycles. The highest BCUT2D eigenvalue weighted by Crippen LogP contribution is 2.31. The fourth-order valence-corrected chi connectivity index (χ4v) is 2.12. The topological polar surface area (TPSA) is 40.5 Å². The lowest BCUT2D eigenvalue weighted by Crippen LogP contribution is -2.24. The molecule has 2 atom stereocenters. The maximum atomic E-state index is 9.68. The number of aliphatic hydroxyl groups is 2. The Kier molecular flexibility index (Phi) is 2.41. The summed E-state index contributed by atoms with van der Waals surface area (Å²) in [5.74, 6) is 0. The van der Waals surface area contributed by atoms with E-state index >= 15 is 0 Å². The Morgan fingerprint density at radius 3 is 2.85 bits per heavy atom. The summed E-state index contributed by atoms with van der Waals surface area (Å²) in [6.45, 7) is 0. The zero-order valence-electron chi connectivity index (χ0n) is 7.07. The lowest BCUT2D eigenvalue weighted by atomic mass is 9.88. The summed E-state index contributed by atoms with van der Waals surface area (Å²) in [6.07, 6.45) is 0.166. The van der Waals surface area contributed by atoms with Crippen LogP contribution in [0.3, 0.4) is 0 Å². The molecule has 70 valence electrons. The summed E-state index contributed by atoms with van der Waals surface area (Å²) < 4.78 is 0.944. The highest BCUT2D eigenvalue weighted by molar-refractivity contribution is 9.10. The molecule has 1 aliphatic rings. The minimum atomic E-state index is -0.721. The molecule has 2 nitrogen and oxygen atoms in total. The predicted molar refractivity (Wildman–Crippen MR) is 53.4 cm³/mol. The molecule has 0 fully saturated rings. The van der Waals surface area contributed by atoms with Crippen LogP contribution in [-0.2, 0) is 6.42 Å². The Hall–Kier alpha value is -0.380. The second kappa shape index (κ2) is 3.40. The van der Waals surface area contributed by atoms with Crippen molar-refractivity contribution in [2.75, 3.05) is 0 Å². The van der Waals surface area contributed by atoms with Crippen LogP contribution in [0.5, 0.6) is 0 Å². The third-order valence-electron chi connectivity index (χ3n) is 2.50. The van der Waals surface area contributed by atoms with Gasteiger partial charge in [-0.3, -0.25) is 0 Å². The number of fused-ring (bicyclic) bond motifs is 1. The average molecular weight is 243 g/mol. The van der Waals surface area contributed by atoms with Crippen molar-refractivity contribution >= 4 is 15.9 Å². The second-order valence-corrected chi connectivity index (χ2v) is 4.31. The molecular weight excluding hydrogens is 232 g/mol.